The Morgan fingerprint density at radius 1 is 1.27 bits per heavy atom. The van der Waals surface area contributed by atoms with Crippen molar-refractivity contribution >= 4 is 0 Å². The van der Waals surface area contributed by atoms with Crippen LogP contribution in [0.5, 0.6) is 0 Å². The van der Waals surface area contributed by atoms with E-state index >= 15 is 0 Å². The monoisotopic (exact) mass is 214 g/mol. The first-order chi connectivity index (χ1) is 6.90. The van der Waals surface area contributed by atoms with Gasteiger partial charge < -0.3 is 10.2 Å². The van der Waals surface area contributed by atoms with Crippen molar-refractivity contribution in [1.82, 2.24) is 10.2 Å². The van der Waals surface area contributed by atoms with Crippen LogP contribution in [0.4, 0.5) is 0 Å². The summed E-state index contributed by atoms with van der Waals surface area (Å²) >= 11 is 0. The van der Waals surface area contributed by atoms with Crippen LogP contribution in [-0.2, 0) is 0 Å². The molecule has 2 heteroatoms. The van der Waals surface area contributed by atoms with Gasteiger partial charge in [-0.1, -0.05) is 20.8 Å². The summed E-state index contributed by atoms with van der Waals surface area (Å²) in [6.07, 6.45) is 2.45. The highest BCUT2D eigenvalue weighted by molar-refractivity contribution is 4.77. The maximum atomic E-state index is 3.48. The van der Waals surface area contributed by atoms with Crippen LogP contribution in [0.3, 0.4) is 0 Å². The second-order valence-corrected chi connectivity index (χ2v) is 5.54. The molecule has 0 aliphatic carbocycles. The van der Waals surface area contributed by atoms with Crippen molar-refractivity contribution in [3.8, 4) is 0 Å². The summed E-state index contributed by atoms with van der Waals surface area (Å²) in [5, 5.41) is 3.48. The third kappa shape index (κ3) is 6.91. The van der Waals surface area contributed by atoms with E-state index in [1.165, 1.54) is 19.4 Å². The van der Waals surface area contributed by atoms with Crippen LogP contribution < -0.4 is 5.32 Å². The zero-order valence-electron chi connectivity index (χ0n) is 11.6. The van der Waals surface area contributed by atoms with E-state index in [2.05, 4.69) is 51.9 Å². The molecule has 0 heterocycles. The fourth-order valence-corrected chi connectivity index (χ4v) is 1.40. The van der Waals surface area contributed by atoms with E-state index in [9.17, 15) is 0 Å². The molecule has 0 spiro atoms. The quantitative estimate of drug-likeness (QED) is 0.625. The number of nitrogens with zero attached hydrogens (tertiary/aromatic N) is 1. The Kier molecular flexibility index (Phi) is 7.20. The molecule has 0 bridgehead atoms. The van der Waals surface area contributed by atoms with Gasteiger partial charge in [0.2, 0.25) is 0 Å². The summed E-state index contributed by atoms with van der Waals surface area (Å²) in [6, 6.07) is 0. The van der Waals surface area contributed by atoms with Crippen LogP contribution in [-0.4, -0.2) is 37.1 Å². The zero-order chi connectivity index (χ0) is 11.9. The van der Waals surface area contributed by atoms with Crippen LogP contribution in [0.15, 0.2) is 0 Å². The third-order valence-electron chi connectivity index (χ3n) is 3.30. The summed E-state index contributed by atoms with van der Waals surface area (Å²) in [5.41, 5.74) is 0.345. The number of hydrogen-bond donors (Lipinski definition) is 1. The van der Waals surface area contributed by atoms with E-state index in [-0.39, 0.29) is 0 Å². The minimum atomic E-state index is 0.345. The molecule has 1 N–H and O–H groups in total. The van der Waals surface area contributed by atoms with Crippen LogP contribution >= 0.6 is 0 Å². The van der Waals surface area contributed by atoms with Gasteiger partial charge in [-0.15, -0.1) is 0 Å². The summed E-state index contributed by atoms with van der Waals surface area (Å²) in [5.74, 6) is 0.759. The molecule has 0 aromatic rings. The van der Waals surface area contributed by atoms with Gasteiger partial charge in [-0.25, -0.2) is 0 Å². The third-order valence-corrected chi connectivity index (χ3v) is 3.30. The fraction of sp³-hybridized carbons (Fsp3) is 1.00. The average molecular weight is 214 g/mol. The molecule has 0 aromatic carbocycles. The number of rotatable bonds is 8. The van der Waals surface area contributed by atoms with E-state index in [0.29, 0.717) is 5.54 Å². The Balaban J connectivity index is 3.51. The van der Waals surface area contributed by atoms with Crippen molar-refractivity contribution in [3.05, 3.63) is 0 Å². The molecule has 0 aliphatic rings. The lowest BCUT2D eigenvalue weighted by atomic mass is 10.00. The molecule has 0 aliphatic heterocycles. The Morgan fingerprint density at radius 3 is 2.33 bits per heavy atom. The van der Waals surface area contributed by atoms with Crippen LogP contribution in [0, 0.1) is 5.92 Å². The summed E-state index contributed by atoms with van der Waals surface area (Å²) in [4.78, 5) is 2.46. The molecule has 92 valence electrons. The number of nitrogens with one attached hydrogen (secondary N) is 1. The normalized spacial score (nSPS) is 12.8. The highest BCUT2D eigenvalue weighted by Crippen LogP contribution is 2.15. The van der Waals surface area contributed by atoms with Gasteiger partial charge in [0.25, 0.3) is 0 Å². The molecule has 0 atom stereocenters. The van der Waals surface area contributed by atoms with Crippen molar-refractivity contribution in [1.29, 1.82) is 0 Å². The molecule has 0 fully saturated rings. The van der Waals surface area contributed by atoms with Crippen molar-refractivity contribution in [3.63, 3.8) is 0 Å². The molecular formula is C13H30N2. The van der Waals surface area contributed by atoms with Crippen LogP contribution in [0.2, 0.25) is 0 Å². The van der Waals surface area contributed by atoms with Gasteiger partial charge in [-0.2, -0.15) is 0 Å². The lowest BCUT2D eigenvalue weighted by Gasteiger charge is -2.34. The Bertz CT molecular complexity index is 153. The van der Waals surface area contributed by atoms with E-state index < -0.39 is 0 Å². The van der Waals surface area contributed by atoms with Gasteiger partial charge in [-0.05, 0) is 59.3 Å². The Labute approximate surface area is 96.4 Å². The molecule has 0 amide bonds. The molecule has 15 heavy (non-hydrogen) atoms. The molecule has 2 nitrogen and oxygen atoms in total. The van der Waals surface area contributed by atoms with Gasteiger partial charge in [0.15, 0.2) is 0 Å². The predicted octanol–water partition coefficient (Wildman–Crippen LogP) is 2.74. The molecule has 0 aromatic heterocycles. The lowest BCUT2D eigenvalue weighted by Crippen LogP contribution is -2.41. The van der Waals surface area contributed by atoms with Crippen LogP contribution in [0.1, 0.15) is 47.5 Å². The van der Waals surface area contributed by atoms with Crippen molar-refractivity contribution in [2.24, 2.45) is 5.92 Å². The second kappa shape index (κ2) is 7.24. The fourth-order valence-electron chi connectivity index (χ4n) is 1.40. The van der Waals surface area contributed by atoms with E-state index in [0.717, 1.165) is 19.0 Å². The van der Waals surface area contributed by atoms with Gasteiger partial charge in [0.1, 0.15) is 0 Å². The lowest BCUT2D eigenvalue weighted by molar-refractivity contribution is 0.149. The molecule has 0 unspecified atom stereocenters. The van der Waals surface area contributed by atoms with Gasteiger partial charge in [-0.3, -0.25) is 0 Å². The van der Waals surface area contributed by atoms with E-state index in [1.807, 2.05) is 0 Å². The van der Waals surface area contributed by atoms with Crippen molar-refractivity contribution in [2.75, 3.05) is 26.7 Å². The number of hydrogen-bond acceptors (Lipinski definition) is 2. The Hall–Kier alpha value is -0.0800. The topological polar surface area (TPSA) is 15.3 Å². The molecular weight excluding hydrogens is 184 g/mol. The first-order valence-electron chi connectivity index (χ1n) is 6.32. The highest BCUT2D eigenvalue weighted by atomic mass is 15.2. The smallest absolute Gasteiger partial charge is 0.0147 e. The maximum Gasteiger partial charge on any atom is 0.0147 e. The molecule has 0 radical (unpaired) electrons. The minimum absolute atomic E-state index is 0.345. The zero-order valence-corrected chi connectivity index (χ0v) is 11.6. The maximum absolute atomic E-state index is 3.48. The second-order valence-electron chi connectivity index (χ2n) is 5.54. The SMILES string of the molecule is CCC(C)(C)N(C)CCCNCC(C)C. The van der Waals surface area contributed by atoms with Gasteiger partial charge >= 0.3 is 0 Å². The average Bonchev–Trinajstić information content (AvgIpc) is 2.16. The van der Waals surface area contributed by atoms with Gasteiger partial charge in [0.05, 0.1) is 0 Å². The van der Waals surface area contributed by atoms with E-state index in [4.69, 9.17) is 0 Å². The van der Waals surface area contributed by atoms with Crippen molar-refractivity contribution in [2.45, 2.75) is 53.0 Å². The standard InChI is InChI=1S/C13H30N2/c1-7-13(4,5)15(6)10-8-9-14-11-12(2)3/h12,14H,7-11H2,1-6H3. The molecule has 0 saturated heterocycles. The predicted molar refractivity (Wildman–Crippen MR) is 69.3 cm³/mol. The summed E-state index contributed by atoms with van der Waals surface area (Å²) in [6.45, 7) is 14.9. The largest absolute Gasteiger partial charge is 0.316 e. The first kappa shape index (κ1) is 14.9. The molecule has 0 saturated carbocycles. The highest BCUT2D eigenvalue weighted by Gasteiger charge is 2.19. The van der Waals surface area contributed by atoms with Gasteiger partial charge in [0, 0.05) is 5.54 Å². The summed E-state index contributed by atoms with van der Waals surface area (Å²) < 4.78 is 0. The summed E-state index contributed by atoms with van der Waals surface area (Å²) in [7, 11) is 2.23. The molecule has 0 rings (SSSR count). The van der Waals surface area contributed by atoms with Crippen LogP contribution in [0.25, 0.3) is 0 Å². The minimum Gasteiger partial charge on any atom is -0.316 e. The Morgan fingerprint density at radius 2 is 1.87 bits per heavy atom. The van der Waals surface area contributed by atoms with Crippen molar-refractivity contribution < 1.29 is 0 Å². The first-order valence-corrected chi connectivity index (χ1v) is 6.32. The van der Waals surface area contributed by atoms with E-state index in [1.54, 1.807) is 0 Å².